The highest BCUT2D eigenvalue weighted by molar-refractivity contribution is 5.95. The summed E-state index contributed by atoms with van der Waals surface area (Å²) in [4.78, 5) is 11.8. The maximum Gasteiger partial charge on any atom is 0.228 e. The van der Waals surface area contributed by atoms with Crippen molar-refractivity contribution in [3.05, 3.63) is 29.3 Å². The Hall–Kier alpha value is -1.31. The lowest BCUT2D eigenvalue weighted by atomic mass is 9.85. The quantitative estimate of drug-likeness (QED) is 0.747. The van der Waals surface area contributed by atoms with E-state index in [1.54, 1.807) is 0 Å². The number of nitrogens with one attached hydrogen (secondary N) is 1. The Labute approximate surface area is 90.7 Å². The number of hydrogen-bond acceptors (Lipinski definition) is 1. The Balaban J connectivity index is 2.34. The predicted octanol–water partition coefficient (Wildman–Crippen LogP) is 2.76. The molecule has 0 bridgehead atoms. The van der Waals surface area contributed by atoms with E-state index < -0.39 is 0 Å². The molecular weight excluding hydrogens is 186 g/mol. The van der Waals surface area contributed by atoms with Crippen molar-refractivity contribution in [2.24, 2.45) is 11.8 Å². The molecule has 0 saturated heterocycles. The zero-order valence-corrected chi connectivity index (χ0v) is 9.50. The molecule has 1 aliphatic rings. The van der Waals surface area contributed by atoms with Crippen LogP contribution in [-0.2, 0) is 11.2 Å². The topological polar surface area (TPSA) is 29.1 Å². The number of amides is 1. The molecule has 1 aromatic rings. The molecule has 1 amide bonds. The van der Waals surface area contributed by atoms with Gasteiger partial charge in [-0.25, -0.2) is 0 Å². The van der Waals surface area contributed by atoms with Crippen molar-refractivity contribution in [1.82, 2.24) is 0 Å². The number of carbonyl (C=O) groups is 1. The minimum absolute atomic E-state index is 0.124. The molecule has 0 spiro atoms. The minimum atomic E-state index is 0.124. The first-order valence-corrected chi connectivity index (χ1v) is 5.48. The average molecular weight is 203 g/mol. The van der Waals surface area contributed by atoms with E-state index >= 15 is 0 Å². The molecule has 1 heterocycles. The van der Waals surface area contributed by atoms with Gasteiger partial charge in [-0.15, -0.1) is 0 Å². The monoisotopic (exact) mass is 203 g/mol. The van der Waals surface area contributed by atoms with E-state index in [-0.39, 0.29) is 11.8 Å². The number of carbonyl (C=O) groups excluding carboxylic acids is 1. The van der Waals surface area contributed by atoms with Gasteiger partial charge in [-0.05, 0) is 30.9 Å². The summed E-state index contributed by atoms with van der Waals surface area (Å²) in [6.07, 6.45) is 0.876. The number of aryl methyl sites for hydroxylation is 1. The van der Waals surface area contributed by atoms with E-state index in [1.165, 1.54) is 11.1 Å². The first-order valence-electron chi connectivity index (χ1n) is 5.48. The van der Waals surface area contributed by atoms with E-state index in [0.717, 1.165) is 12.1 Å². The lowest BCUT2D eigenvalue weighted by Gasteiger charge is -2.27. The molecule has 2 heteroatoms. The average Bonchev–Trinajstić information content (AvgIpc) is 2.17. The normalized spacial score (nSPS) is 20.0. The van der Waals surface area contributed by atoms with Crippen LogP contribution < -0.4 is 5.32 Å². The molecule has 0 saturated carbocycles. The van der Waals surface area contributed by atoms with Crippen LogP contribution >= 0.6 is 0 Å². The molecule has 2 nitrogen and oxygen atoms in total. The Morgan fingerprint density at radius 1 is 1.40 bits per heavy atom. The third-order valence-corrected chi connectivity index (χ3v) is 3.10. The summed E-state index contributed by atoms with van der Waals surface area (Å²) >= 11 is 0. The summed E-state index contributed by atoms with van der Waals surface area (Å²) in [6, 6.07) is 6.21. The largest absolute Gasteiger partial charge is 0.326 e. The van der Waals surface area contributed by atoms with E-state index in [1.807, 2.05) is 12.1 Å². The summed E-state index contributed by atoms with van der Waals surface area (Å²) in [6.45, 7) is 6.29. The summed E-state index contributed by atoms with van der Waals surface area (Å²) in [5.74, 6) is 0.694. The summed E-state index contributed by atoms with van der Waals surface area (Å²) in [5, 5.41) is 2.98. The van der Waals surface area contributed by atoms with Crippen LogP contribution in [0, 0.1) is 18.8 Å². The number of anilines is 1. The molecular formula is C13H17NO. The van der Waals surface area contributed by atoms with Crippen molar-refractivity contribution in [2.45, 2.75) is 27.2 Å². The standard InChI is InChI=1S/C13H17NO/c1-8(2)11-7-10-6-9(3)4-5-12(10)14-13(11)15/h4-6,8,11H,7H2,1-3H3,(H,14,15). The van der Waals surface area contributed by atoms with Crippen LogP contribution in [0.3, 0.4) is 0 Å². The molecule has 0 aromatic heterocycles. The van der Waals surface area contributed by atoms with Gasteiger partial charge in [-0.3, -0.25) is 4.79 Å². The Kier molecular flexibility index (Phi) is 2.51. The van der Waals surface area contributed by atoms with Gasteiger partial charge in [-0.2, -0.15) is 0 Å². The Morgan fingerprint density at radius 3 is 2.80 bits per heavy atom. The maximum atomic E-state index is 11.8. The van der Waals surface area contributed by atoms with Gasteiger partial charge in [-0.1, -0.05) is 31.5 Å². The molecule has 1 unspecified atom stereocenters. The smallest absolute Gasteiger partial charge is 0.228 e. The van der Waals surface area contributed by atoms with Crippen molar-refractivity contribution in [2.75, 3.05) is 5.32 Å². The van der Waals surface area contributed by atoms with Crippen LogP contribution in [0.4, 0.5) is 5.69 Å². The van der Waals surface area contributed by atoms with E-state index in [9.17, 15) is 4.79 Å². The molecule has 1 N–H and O–H groups in total. The van der Waals surface area contributed by atoms with Gasteiger partial charge in [0.25, 0.3) is 0 Å². The second-order valence-electron chi connectivity index (χ2n) is 4.70. The van der Waals surface area contributed by atoms with Gasteiger partial charge in [0.05, 0.1) is 0 Å². The van der Waals surface area contributed by atoms with Gasteiger partial charge < -0.3 is 5.32 Å². The fourth-order valence-electron chi connectivity index (χ4n) is 2.11. The number of hydrogen-bond donors (Lipinski definition) is 1. The summed E-state index contributed by atoms with van der Waals surface area (Å²) in [7, 11) is 0. The van der Waals surface area contributed by atoms with Gasteiger partial charge in [0.1, 0.15) is 0 Å². The lowest BCUT2D eigenvalue weighted by molar-refractivity contribution is -0.121. The molecule has 0 radical (unpaired) electrons. The van der Waals surface area contributed by atoms with Crippen LogP contribution in [0.25, 0.3) is 0 Å². The zero-order chi connectivity index (χ0) is 11.0. The number of benzene rings is 1. The molecule has 1 atom stereocenters. The Morgan fingerprint density at radius 2 is 2.13 bits per heavy atom. The molecule has 0 fully saturated rings. The fraction of sp³-hybridized carbons (Fsp3) is 0.462. The van der Waals surface area contributed by atoms with E-state index in [2.05, 4.69) is 32.2 Å². The van der Waals surface area contributed by atoms with Gasteiger partial charge in [0, 0.05) is 11.6 Å². The highest BCUT2D eigenvalue weighted by Crippen LogP contribution is 2.29. The zero-order valence-electron chi connectivity index (χ0n) is 9.50. The molecule has 1 aliphatic heterocycles. The molecule has 80 valence electrons. The van der Waals surface area contributed by atoms with Crippen LogP contribution in [0.2, 0.25) is 0 Å². The first-order chi connectivity index (χ1) is 7.08. The number of rotatable bonds is 1. The highest BCUT2D eigenvalue weighted by atomic mass is 16.1. The van der Waals surface area contributed by atoms with Gasteiger partial charge in [0.2, 0.25) is 5.91 Å². The third kappa shape index (κ3) is 1.89. The van der Waals surface area contributed by atoms with Crippen LogP contribution in [-0.4, -0.2) is 5.91 Å². The first kappa shape index (κ1) is 10.2. The minimum Gasteiger partial charge on any atom is -0.326 e. The second kappa shape index (κ2) is 3.69. The van der Waals surface area contributed by atoms with Crippen molar-refractivity contribution < 1.29 is 4.79 Å². The maximum absolute atomic E-state index is 11.8. The second-order valence-corrected chi connectivity index (χ2v) is 4.70. The van der Waals surface area contributed by atoms with E-state index in [0.29, 0.717) is 5.92 Å². The van der Waals surface area contributed by atoms with Gasteiger partial charge in [0.15, 0.2) is 0 Å². The molecule has 2 rings (SSSR count). The van der Waals surface area contributed by atoms with Crippen molar-refractivity contribution in [1.29, 1.82) is 0 Å². The third-order valence-electron chi connectivity index (χ3n) is 3.10. The SMILES string of the molecule is Cc1ccc2c(c1)CC(C(C)C)C(=O)N2. The highest BCUT2D eigenvalue weighted by Gasteiger charge is 2.28. The summed E-state index contributed by atoms with van der Waals surface area (Å²) in [5.41, 5.74) is 3.52. The van der Waals surface area contributed by atoms with Crippen LogP contribution in [0.1, 0.15) is 25.0 Å². The van der Waals surface area contributed by atoms with Gasteiger partial charge >= 0.3 is 0 Å². The predicted molar refractivity (Wildman–Crippen MR) is 61.8 cm³/mol. The number of fused-ring (bicyclic) bond motifs is 1. The van der Waals surface area contributed by atoms with Crippen molar-refractivity contribution in [3.8, 4) is 0 Å². The molecule has 15 heavy (non-hydrogen) atoms. The van der Waals surface area contributed by atoms with Crippen LogP contribution in [0.5, 0.6) is 0 Å². The summed E-state index contributed by atoms with van der Waals surface area (Å²) < 4.78 is 0. The van der Waals surface area contributed by atoms with Crippen molar-refractivity contribution in [3.63, 3.8) is 0 Å². The Bertz CT molecular complexity index is 396. The lowest BCUT2D eigenvalue weighted by Crippen LogP contribution is -2.33. The fourth-order valence-corrected chi connectivity index (χ4v) is 2.11. The van der Waals surface area contributed by atoms with E-state index in [4.69, 9.17) is 0 Å². The molecule has 0 aliphatic carbocycles. The van der Waals surface area contributed by atoms with Crippen molar-refractivity contribution >= 4 is 11.6 Å². The van der Waals surface area contributed by atoms with Crippen LogP contribution in [0.15, 0.2) is 18.2 Å². The molecule has 1 aromatic carbocycles.